The standard InChI is InChI=1S/C23H24N6O2/c1-14-12-29(2)28-21(14)11-27-22-18-8-15(16-4-6-17(13-31-3)25-9-16)5-7-20(18)26-10-19(22)23(24)30/h4-10,12H,11,13H2,1-3H3,(H2,24,30)(H,26,27). The molecule has 0 radical (unpaired) electrons. The van der Waals surface area contributed by atoms with Crippen LogP contribution in [-0.2, 0) is 24.9 Å². The Morgan fingerprint density at radius 3 is 2.61 bits per heavy atom. The number of methoxy groups -OCH3 is 1. The van der Waals surface area contributed by atoms with Crippen LogP contribution in [0.3, 0.4) is 0 Å². The molecule has 8 nitrogen and oxygen atoms in total. The molecule has 158 valence electrons. The van der Waals surface area contributed by atoms with Crippen molar-refractivity contribution < 1.29 is 9.53 Å². The van der Waals surface area contributed by atoms with E-state index >= 15 is 0 Å². The molecule has 0 aliphatic heterocycles. The lowest BCUT2D eigenvalue weighted by Gasteiger charge is -2.14. The van der Waals surface area contributed by atoms with Crippen LogP contribution in [0.5, 0.6) is 0 Å². The molecule has 3 heterocycles. The van der Waals surface area contributed by atoms with E-state index in [0.717, 1.165) is 39.0 Å². The van der Waals surface area contributed by atoms with Crippen molar-refractivity contribution in [2.75, 3.05) is 12.4 Å². The first kappa shape index (κ1) is 20.5. The van der Waals surface area contributed by atoms with Gasteiger partial charge in [0.1, 0.15) is 0 Å². The molecule has 3 aromatic heterocycles. The van der Waals surface area contributed by atoms with E-state index in [-0.39, 0.29) is 0 Å². The second-order valence-electron chi connectivity index (χ2n) is 7.40. The molecule has 31 heavy (non-hydrogen) atoms. The third-order valence-corrected chi connectivity index (χ3v) is 5.13. The summed E-state index contributed by atoms with van der Waals surface area (Å²) in [5.74, 6) is -0.536. The van der Waals surface area contributed by atoms with Gasteiger partial charge in [-0.2, -0.15) is 5.10 Å². The highest BCUT2D eigenvalue weighted by Crippen LogP contribution is 2.31. The largest absolute Gasteiger partial charge is 0.378 e. The molecular weight excluding hydrogens is 392 g/mol. The van der Waals surface area contributed by atoms with Gasteiger partial charge in [-0.1, -0.05) is 12.1 Å². The normalized spacial score (nSPS) is 11.1. The number of nitrogens with zero attached hydrogens (tertiary/aromatic N) is 4. The molecule has 4 rings (SSSR count). The molecule has 1 amide bonds. The quantitative estimate of drug-likeness (QED) is 0.479. The highest BCUT2D eigenvalue weighted by atomic mass is 16.5. The second-order valence-corrected chi connectivity index (χ2v) is 7.40. The van der Waals surface area contributed by atoms with Gasteiger partial charge in [0, 0.05) is 43.7 Å². The minimum atomic E-state index is -0.536. The minimum absolute atomic E-state index is 0.340. The Morgan fingerprint density at radius 2 is 1.97 bits per heavy atom. The number of carbonyl (C=O) groups excluding carboxylic acids is 1. The van der Waals surface area contributed by atoms with Crippen molar-refractivity contribution in [3.63, 3.8) is 0 Å². The van der Waals surface area contributed by atoms with Crippen molar-refractivity contribution >= 4 is 22.5 Å². The van der Waals surface area contributed by atoms with Crippen molar-refractivity contribution in [3.8, 4) is 11.1 Å². The number of fused-ring (bicyclic) bond motifs is 1. The summed E-state index contributed by atoms with van der Waals surface area (Å²) in [7, 11) is 3.52. The number of anilines is 1. The number of nitrogens with one attached hydrogen (secondary N) is 1. The third-order valence-electron chi connectivity index (χ3n) is 5.13. The van der Waals surface area contributed by atoms with Crippen LogP contribution < -0.4 is 11.1 Å². The van der Waals surface area contributed by atoms with Crippen molar-refractivity contribution in [2.24, 2.45) is 12.8 Å². The first-order valence-corrected chi connectivity index (χ1v) is 9.86. The van der Waals surface area contributed by atoms with Gasteiger partial charge in [-0.25, -0.2) is 0 Å². The number of amides is 1. The van der Waals surface area contributed by atoms with E-state index in [1.165, 1.54) is 6.20 Å². The van der Waals surface area contributed by atoms with Crippen molar-refractivity contribution in [1.82, 2.24) is 19.7 Å². The van der Waals surface area contributed by atoms with E-state index in [1.54, 1.807) is 11.8 Å². The topological polar surface area (TPSA) is 108 Å². The van der Waals surface area contributed by atoms with Gasteiger partial charge >= 0.3 is 0 Å². The lowest BCUT2D eigenvalue weighted by Crippen LogP contribution is -2.15. The third kappa shape index (κ3) is 4.24. The molecule has 0 saturated carbocycles. The zero-order valence-electron chi connectivity index (χ0n) is 17.7. The minimum Gasteiger partial charge on any atom is -0.378 e. The molecule has 8 heteroatoms. The summed E-state index contributed by atoms with van der Waals surface area (Å²) in [6.07, 6.45) is 5.28. The summed E-state index contributed by atoms with van der Waals surface area (Å²) in [6, 6.07) is 9.84. The second kappa shape index (κ2) is 8.53. The Balaban J connectivity index is 1.76. The number of primary amides is 1. The molecule has 0 unspecified atom stereocenters. The molecule has 0 bridgehead atoms. The van der Waals surface area contributed by atoms with Gasteiger partial charge in [0.05, 0.1) is 41.3 Å². The van der Waals surface area contributed by atoms with Gasteiger partial charge in [0.15, 0.2) is 0 Å². The number of hydrogen-bond donors (Lipinski definition) is 2. The van der Waals surface area contributed by atoms with Crippen LogP contribution in [0.15, 0.2) is 48.9 Å². The predicted molar refractivity (Wildman–Crippen MR) is 119 cm³/mol. The van der Waals surface area contributed by atoms with Gasteiger partial charge < -0.3 is 15.8 Å². The van der Waals surface area contributed by atoms with Gasteiger partial charge in [-0.05, 0) is 36.2 Å². The molecule has 3 N–H and O–H groups in total. The summed E-state index contributed by atoms with van der Waals surface area (Å²) in [5, 5.41) is 8.64. The van der Waals surface area contributed by atoms with E-state index in [4.69, 9.17) is 10.5 Å². The van der Waals surface area contributed by atoms with Gasteiger partial charge in [-0.3, -0.25) is 19.4 Å². The Kier molecular flexibility index (Phi) is 5.64. The van der Waals surface area contributed by atoms with Crippen LogP contribution in [0.4, 0.5) is 5.69 Å². The fraction of sp³-hybridized carbons (Fsp3) is 0.217. The maximum atomic E-state index is 12.1. The zero-order chi connectivity index (χ0) is 22.0. The number of ether oxygens (including phenoxy) is 1. The lowest BCUT2D eigenvalue weighted by atomic mass is 10.0. The van der Waals surface area contributed by atoms with E-state index in [1.807, 2.05) is 56.7 Å². The maximum Gasteiger partial charge on any atom is 0.252 e. The van der Waals surface area contributed by atoms with Crippen LogP contribution in [0.2, 0.25) is 0 Å². The van der Waals surface area contributed by atoms with Gasteiger partial charge in [-0.15, -0.1) is 0 Å². The first-order chi connectivity index (χ1) is 15.0. The molecule has 0 spiro atoms. The molecule has 0 saturated heterocycles. The molecule has 0 atom stereocenters. The van der Waals surface area contributed by atoms with Crippen LogP contribution >= 0.6 is 0 Å². The van der Waals surface area contributed by atoms with E-state index in [9.17, 15) is 4.79 Å². The molecular formula is C23H24N6O2. The molecule has 0 aliphatic carbocycles. The number of aromatic nitrogens is 4. The average Bonchev–Trinajstić information content (AvgIpc) is 3.09. The van der Waals surface area contributed by atoms with E-state index in [0.29, 0.717) is 24.4 Å². The molecule has 0 fully saturated rings. The molecule has 4 aromatic rings. The van der Waals surface area contributed by atoms with Crippen molar-refractivity contribution in [2.45, 2.75) is 20.1 Å². The highest BCUT2D eigenvalue weighted by Gasteiger charge is 2.15. The summed E-state index contributed by atoms with van der Waals surface area (Å²) >= 11 is 0. The predicted octanol–water partition coefficient (Wildman–Crippen LogP) is 3.20. The number of hydrogen-bond acceptors (Lipinski definition) is 6. The van der Waals surface area contributed by atoms with Crippen LogP contribution in [0.25, 0.3) is 22.0 Å². The summed E-state index contributed by atoms with van der Waals surface area (Å²) in [4.78, 5) is 21.0. The fourth-order valence-corrected chi connectivity index (χ4v) is 3.58. The molecule has 1 aromatic carbocycles. The van der Waals surface area contributed by atoms with Crippen LogP contribution in [0, 0.1) is 6.92 Å². The number of benzene rings is 1. The Hall–Kier alpha value is -3.78. The number of pyridine rings is 2. The molecule has 0 aliphatic rings. The fourth-order valence-electron chi connectivity index (χ4n) is 3.58. The van der Waals surface area contributed by atoms with Gasteiger partial charge in [0.2, 0.25) is 0 Å². The smallest absolute Gasteiger partial charge is 0.252 e. The SMILES string of the molecule is COCc1ccc(-c2ccc3ncc(C(N)=O)c(NCc4nn(C)cc4C)c3c2)cn1. The Bertz CT molecular complexity index is 1250. The van der Waals surface area contributed by atoms with E-state index < -0.39 is 5.91 Å². The summed E-state index contributed by atoms with van der Waals surface area (Å²) in [6.45, 7) is 2.93. The van der Waals surface area contributed by atoms with E-state index in [2.05, 4.69) is 20.4 Å². The number of aryl methyl sites for hydroxylation is 2. The highest BCUT2D eigenvalue weighted by molar-refractivity contribution is 6.07. The Morgan fingerprint density at radius 1 is 1.16 bits per heavy atom. The monoisotopic (exact) mass is 416 g/mol. The zero-order valence-corrected chi connectivity index (χ0v) is 17.7. The first-order valence-electron chi connectivity index (χ1n) is 9.86. The van der Waals surface area contributed by atoms with Crippen molar-refractivity contribution in [1.29, 1.82) is 0 Å². The van der Waals surface area contributed by atoms with Crippen LogP contribution in [0.1, 0.15) is 27.3 Å². The summed E-state index contributed by atoms with van der Waals surface area (Å²) < 4.78 is 6.89. The average molecular weight is 416 g/mol. The van der Waals surface area contributed by atoms with Crippen LogP contribution in [-0.4, -0.2) is 32.8 Å². The number of rotatable bonds is 7. The Labute approximate surface area is 180 Å². The summed E-state index contributed by atoms with van der Waals surface area (Å²) in [5.41, 5.74) is 12.1. The lowest BCUT2D eigenvalue weighted by molar-refractivity contribution is 0.100. The van der Waals surface area contributed by atoms with Crippen molar-refractivity contribution in [3.05, 3.63) is 71.4 Å². The number of nitrogens with two attached hydrogens (primary N) is 1. The van der Waals surface area contributed by atoms with Gasteiger partial charge in [0.25, 0.3) is 5.91 Å². The number of carbonyl (C=O) groups is 1. The maximum absolute atomic E-state index is 12.1.